The van der Waals surface area contributed by atoms with E-state index in [0.717, 1.165) is 0 Å². The fourth-order valence-electron chi connectivity index (χ4n) is 2.99. The highest BCUT2D eigenvalue weighted by Crippen LogP contribution is 2.59. The molecule has 0 amide bonds. The summed E-state index contributed by atoms with van der Waals surface area (Å²) in [6.45, 7) is 9.51. The molecule has 0 aromatic carbocycles. The first kappa shape index (κ1) is 17.4. The SMILES string of the molecule is CCCCCCCC[P+](CC)(CCC)CCC. The summed E-state index contributed by atoms with van der Waals surface area (Å²) in [5.41, 5.74) is 0. The van der Waals surface area contributed by atoms with Crippen molar-refractivity contribution < 1.29 is 0 Å². The zero-order valence-corrected chi connectivity index (χ0v) is 13.8. The van der Waals surface area contributed by atoms with Gasteiger partial charge in [-0.1, -0.05) is 46.5 Å². The maximum absolute atomic E-state index is 2.45. The highest BCUT2D eigenvalue weighted by molar-refractivity contribution is 7.75. The van der Waals surface area contributed by atoms with Gasteiger partial charge < -0.3 is 0 Å². The van der Waals surface area contributed by atoms with Crippen LogP contribution in [0, 0.1) is 0 Å². The van der Waals surface area contributed by atoms with Crippen LogP contribution in [-0.4, -0.2) is 24.6 Å². The van der Waals surface area contributed by atoms with Crippen molar-refractivity contribution in [1.82, 2.24) is 0 Å². The summed E-state index contributed by atoms with van der Waals surface area (Å²) in [5.74, 6) is 0. The molecule has 0 saturated heterocycles. The van der Waals surface area contributed by atoms with Gasteiger partial charge in [0.05, 0.1) is 24.6 Å². The molecule has 0 aliphatic rings. The van der Waals surface area contributed by atoms with Crippen LogP contribution in [0.1, 0.15) is 79.1 Å². The third-order valence-corrected chi connectivity index (χ3v) is 9.45. The minimum absolute atomic E-state index is 0.533. The molecule has 17 heavy (non-hydrogen) atoms. The lowest BCUT2D eigenvalue weighted by atomic mass is 10.1. The van der Waals surface area contributed by atoms with Crippen LogP contribution in [0.25, 0.3) is 0 Å². The van der Waals surface area contributed by atoms with E-state index < -0.39 is 7.26 Å². The van der Waals surface area contributed by atoms with E-state index in [0.29, 0.717) is 0 Å². The number of rotatable bonds is 12. The molecule has 0 nitrogen and oxygen atoms in total. The van der Waals surface area contributed by atoms with Gasteiger partial charge in [-0.05, 0) is 32.6 Å². The quantitative estimate of drug-likeness (QED) is 0.289. The Kier molecular flexibility index (Phi) is 11.8. The molecule has 0 unspecified atom stereocenters. The molecule has 0 aliphatic carbocycles. The van der Waals surface area contributed by atoms with Crippen molar-refractivity contribution in [1.29, 1.82) is 0 Å². The van der Waals surface area contributed by atoms with Crippen LogP contribution < -0.4 is 0 Å². The van der Waals surface area contributed by atoms with Crippen molar-refractivity contribution in [2.75, 3.05) is 24.6 Å². The lowest BCUT2D eigenvalue weighted by Gasteiger charge is -2.25. The van der Waals surface area contributed by atoms with Gasteiger partial charge >= 0.3 is 0 Å². The molecule has 0 heterocycles. The average molecular weight is 259 g/mol. The zero-order valence-electron chi connectivity index (χ0n) is 12.9. The molecular formula is C16H36P+. The Morgan fingerprint density at radius 1 is 0.529 bits per heavy atom. The number of unbranched alkanes of at least 4 members (excludes halogenated alkanes) is 5. The molecular weight excluding hydrogens is 223 g/mol. The highest BCUT2D eigenvalue weighted by atomic mass is 31.2. The smallest absolute Gasteiger partial charge is 0.0594 e. The van der Waals surface area contributed by atoms with E-state index in [-0.39, 0.29) is 0 Å². The van der Waals surface area contributed by atoms with Gasteiger partial charge in [0.15, 0.2) is 0 Å². The predicted molar refractivity (Wildman–Crippen MR) is 86.0 cm³/mol. The van der Waals surface area contributed by atoms with Crippen LogP contribution in [-0.2, 0) is 0 Å². The Balaban J connectivity index is 3.82. The second-order valence-electron chi connectivity index (χ2n) is 5.60. The van der Waals surface area contributed by atoms with E-state index in [4.69, 9.17) is 0 Å². The Hall–Kier alpha value is 0.430. The third-order valence-electron chi connectivity index (χ3n) is 4.05. The lowest BCUT2D eigenvalue weighted by molar-refractivity contribution is 0.625. The molecule has 0 fully saturated rings. The minimum atomic E-state index is -0.533. The number of hydrogen-bond acceptors (Lipinski definition) is 0. The molecule has 1 heteroatoms. The van der Waals surface area contributed by atoms with Gasteiger partial charge in [0.25, 0.3) is 0 Å². The molecule has 0 saturated carbocycles. The first-order valence-electron chi connectivity index (χ1n) is 8.09. The zero-order chi connectivity index (χ0) is 13.0. The van der Waals surface area contributed by atoms with Crippen molar-refractivity contribution in [3.8, 4) is 0 Å². The Morgan fingerprint density at radius 2 is 1.06 bits per heavy atom. The topological polar surface area (TPSA) is 0 Å². The van der Waals surface area contributed by atoms with Crippen LogP contribution in [0.5, 0.6) is 0 Å². The molecule has 0 radical (unpaired) electrons. The first-order valence-corrected chi connectivity index (χ1v) is 10.6. The summed E-state index contributed by atoms with van der Waals surface area (Å²) in [6.07, 6.45) is 17.8. The van der Waals surface area contributed by atoms with Gasteiger partial charge in [0.2, 0.25) is 0 Å². The van der Waals surface area contributed by atoms with Crippen LogP contribution in [0.3, 0.4) is 0 Å². The van der Waals surface area contributed by atoms with Crippen LogP contribution >= 0.6 is 7.26 Å². The second kappa shape index (κ2) is 11.5. The monoisotopic (exact) mass is 259 g/mol. The van der Waals surface area contributed by atoms with Crippen molar-refractivity contribution in [2.45, 2.75) is 79.1 Å². The molecule has 0 rings (SSSR count). The summed E-state index contributed by atoms with van der Waals surface area (Å²) in [7, 11) is -0.533. The van der Waals surface area contributed by atoms with E-state index in [2.05, 4.69) is 27.7 Å². The molecule has 0 bridgehead atoms. The summed E-state index contributed by atoms with van der Waals surface area (Å²) in [6, 6.07) is 0. The van der Waals surface area contributed by atoms with Crippen LogP contribution in [0.2, 0.25) is 0 Å². The molecule has 104 valence electrons. The van der Waals surface area contributed by atoms with Crippen LogP contribution in [0.15, 0.2) is 0 Å². The van der Waals surface area contributed by atoms with Gasteiger partial charge in [-0.3, -0.25) is 0 Å². The normalized spacial score (nSPS) is 12.0. The van der Waals surface area contributed by atoms with E-state index in [9.17, 15) is 0 Å². The standard InChI is InChI=1S/C16H36P/c1-5-9-10-11-12-13-16-17(8-4,14-6-2)15-7-3/h5-16H2,1-4H3/q+1. The van der Waals surface area contributed by atoms with Gasteiger partial charge in [0, 0.05) is 7.26 Å². The highest BCUT2D eigenvalue weighted by Gasteiger charge is 2.32. The number of hydrogen-bond donors (Lipinski definition) is 0. The summed E-state index contributed by atoms with van der Waals surface area (Å²) >= 11 is 0. The van der Waals surface area contributed by atoms with E-state index in [1.807, 2.05) is 0 Å². The van der Waals surface area contributed by atoms with Crippen molar-refractivity contribution >= 4 is 7.26 Å². The summed E-state index contributed by atoms with van der Waals surface area (Å²) < 4.78 is 0. The molecule has 0 atom stereocenters. The van der Waals surface area contributed by atoms with E-state index in [1.54, 1.807) is 18.5 Å². The van der Waals surface area contributed by atoms with E-state index >= 15 is 0 Å². The Morgan fingerprint density at radius 3 is 1.53 bits per heavy atom. The van der Waals surface area contributed by atoms with Gasteiger partial charge in [-0.2, -0.15) is 0 Å². The van der Waals surface area contributed by atoms with Gasteiger partial charge in [0.1, 0.15) is 0 Å². The fourth-order valence-corrected chi connectivity index (χ4v) is 7.40. The minimum Gasteiger partial charge on any atom is -0.0654 e. The van der Waals surface area contributed by atoms with Crippen molar-refractivity contribution in [2.24, 2.45) is 0 Å². The maximum atomic E-state index is 2.45. The largest absolute Gasteiger partial charge is 0.0654 e. The van der Waals surface area contributed by atoms with Gasteiger partial charge in [-0.15, -0.1) is 0 Å². The Bertz CT molecular complexity index is 148. The average Bonchev–Trinajstić information content (AvgIpc) is 2.34. The lowest BCUT2D eigenvalue weighted by Crippen LogP contribution is -2.10. The fraction of sp³-hybridized carbons (Fsp3) is 1.00. The van der Waals surface area contributed by atoms with Crippen LogP contribution in [0.4, 0.5) is 0 Å². The van der Waals surface area contributed by atoms with E-state index in [1.165, 1.54) is 57.5 Å². The molecule has 0 aliphatic heterocycles. The summed E-state index contributed by atoms with van der Waals surface area (Å²) in [5, 5.41) is 0. The summed E-state index contributed by atoms with van der Waals surface area (Å²) in [4.78, 5) is 0. The predicted octanol–water partition coefficient (Wildman–Crippen LogP) is 6.20. The first-order chi connectivity index (χ1) is 8.24. The molecule has 0 aromatic heterocycles. The van der Waals surface area contributed by atoms with Crippen molar-refractivity contribution in [3.63, 3.8) is 0 Å². The molecule has 0 aromatic rings. The second-order valence-corrected chi connectivity index (χ2v) is 10.3. The molecule has 0 spiro atoms. The Labute approximate surface area is 111 Å². The third kappa shape index (κ3) is 8.20. The van der Waals surface area contributed by atoms with Crippen molar-refractivity contribution in [3.05, 3.63) is 0 Å². The molecule has 0 N–H and O–H groups in total. The maximum Gasteiger partial charge on any atom is 0.0594 e. The van der Waals surface area contributed by atoms with Gasteiger partial charge in [-0.25, -0.2) is 0 Å².